The highest BCUT2D eigenvalue weighted by Crippen LogP contribution is 2.18. The Bertz CT molecular complexity index is 424. The average molecular weight is 297 g/mol. The van der Waals surface area contributed by atoms with Crippen molar-refractivity contribution in [2.24, 2.45) is 0 Å². The van der Waals surface area contributed by atoms with Crippen LogP contribution in [0.15, 0.2) is 35.2 Å². The number of benzene rings is 1. The summed E-state index contributed by atoms with van der Waals surface area (Å²) in [7, 11) is 0. The number of aliphatic carboxylic acids is 1. The zero-order chi connectivity index (χ0) is 14.8. The van der Waals surface area contributed by atoms with Crippen LogP contribution in [0.5, 0.6) is 0 Å². The van der Waals surface area contributed by atoms with E-state index in [-0.39, 0.29) is 25.4 Å². The molecular formula is C14H19NO4S. The second-order valence-corrected chi connectivity index (χ2v) is 5.40. The van der Waals surface area contributed by atoms with Gasteiger partial charge in [-0.3, -0.25) is 4.79 Å². The molecule has 0 fully saturated rings. The Hall–Kier alpha value is -1.53. The van der Waals surface area contributed by atoms with Gasteiger partial charge in [0.15, 0.2) is 0 Å². The summed E-state index contributed by atoms with van der Waals surface area (Å²) >= 11 is 1.66. The van der Waals surface area contributed by atoms with Gasteiger partial charge in [-0.1, -0.05) is 18.2 Å². The van der Waals surface area contributed by atoms with Gasteiger partial charge >= 0.3 is 5.97 Å². The topological polar surface area (TPSA) is 86.6 Å². The van der Waals surface area contributed by atoms with E-state index >= 15 is 0 Å². The molecule has 5 nitrogen and oxygen atoms in total. The van der Waals surface area contributed by atoms with E-state index < -0.39 is 12.0 Å². The summed E-state index contributed by atoms with van der Waals surface area (Å²) in [5.41, 5.74) is 0. The molecule has 1 rings (SSSR count). The van der Waals surface area contributed by atoms with Crippen molar-refractivity contribution in [3.8, 4) is 0 Å². The number of aliphatic hydroxyl groups excluding tert-OH is 1. The minimum Gasteiger partial charge on any atom is -0.480 e. The maximum atomic E-state index is 11.6. The van der Waals surface area contributed by atoms with Crippen molar-refractivity contribution in [1.29, 1.82) is 0 Å². The molecule has 1 amide bonds. The first-order chi connectivity index (χ1) is 9.63. The molecule has 20 heavy (non-hydrogen) atoms. The number of carbonyl (C=O) groups is 2. The number of hydrogen-bond donors (Lipinski definition) is 3. The van der Waals surface area contributed by atoms with Gasteiger partial charge in [0.2, 0.25) is 5.91 Å². The standard InChI is InChI=1S/C14H19NO4S/c16-9-8-12(14(18)19)15-13(17)7-4-10-20-11-5-2-1-3-6-11/h1-3,5-6,12,16H,4,7-10H2,(H,15,17)(H,18,19)/t12-/m0/s1. The highest BCUT2D eigenvalue weighted by atomic mass is 32.2. The molecule has 0 aliphatic heterocycles. The van der Waals surface area contributed by atoms with Crippen molar-refractivity contribution >= 4 is 23.6 Å². The number of carboxylic acid groups (broad SMARTS) is 1. The van der Waals surface area contributed by atoms with Gasteiger partial charge in [-0.15, -0.1) is 11.8 Å². The highest BCUT2D eigenvalue weighted by molar-refractivity contribution is 7.99. The van der Waals surface area contributed by atoms with Crippen LogP contribution in [0.25, 0.3) is 0 Å². The van der Waals surface area contributed by atoms with Crippen LogP contribution in [0.1, 0.15) is 19.3 Å². The van der Waals surface area contributed by atoms with Gasteiger partial charge in [-0.05, 0) is 24.3 Å². The minimum absolute atomic E-state index is 0.0276. The quantitative estimate of drug-likeness (QED) is 0.475. The van der Waals surface area contributed by atoms with Crippen LogP contribution in [0.2, 0.25) is 0 Å². The lowest BCUT2D eigenvalue weighted by Gasteiger charge is -2.12. The molecule has 3 N–H and O–H groups in total. The molecule has 0 heterocycles. The first-order valence-corrected chi connectivity index (χ1v) is 7.43. The highest BCUT2D eigenvalue weighted by Gasteiger charge is 2.18. The maximum absolute atomic E-state index is 11.6. The lowest BCUT2D eigenvalue weighted by molar-refractivity contribution is -0.142. The van der Waals surface area contributed by atoms with E-state index in [4.69, 9.17) is 10.2 Å². The van der Waals surface area contributed by atoms with E-state index in [0.29, 0.717) is 6.42 Å². The van der Waals surface area contributed by atoms with Gasteiger partial charge < -0.3 is 15.5 Å². The summed E-state index contributed by atoms with van der Waals surface area (Å²) in [5, 5.41) is 20.0. The zero-order valence-electron chi connectivity index (χ0n) is 11.1. The zero-order valence-corrected chi connectivity index (χ0v) is 11.9. The average Bonchev–Trinajstić information content (AvgIpc) is 2.44. The Morgan fingerprint density at radius 1 is 1.25 bits per heavy atom. The molecule has 0 aromatic heterocycles. The Morgan fingerprint density at radius 3 is 2.55 bits per heavy atom. The summed E-state index contributed by atoms with van der Waals surface area (Å²) in [5.74, 6) is -0.611. The fraction of sp³-hybridized carbons (Fsp3) is 0.429. The molecule has 0 bridgehead atoms. The summed E-state index contributed by atoms with van der Waals surface area (Å²) in [6.07, 6.45) is 0.992. The molecule has 1 atom stereocenters. The molecule has 0 saturated heterocycles. The van der Waals surface area contributed by atoms with Gasteiger partial charge in [0.05, 0.1) is 0 Å². The van der Waals surface area contributed by atoms with Crippen molar-refractivity contribution < 1.29 is 19.8 Å². The predicted octanol–water partition coefficient (Wildman–Crippen LogP) is 1.51. The molecule has 0 saturated carbocycles. The van der Waals surface area contributed by atoms with Crippen LogP contribution >= 0.6 is 11.8 Å². The van der Waals surface area contributed by atoms with E-state index in [1.165, 1.54) is 0 Å². The number of nitrogens with one attached hydrogen (secondary N) is 1. The smallest absolute Gasteiger partial charge is 0.326 e. The third-order valence-corrected chi connectivity index (χ3v) is 3.71. The first kappa shape index (κ1) is 16.5. The van der Waals surface area contributed by atoms with E-state index in [9.17, 15) is 9.59 Å². The lowest BCUT2D eigenvalue weighted by Crippen LogP contribution is -2.41. The third-order valence-electron chi connectivity index (χ3n) is 2.61. The van der Waals surface area contributed by atoms with Gasteiger partial charge in [-0.2, -0.15) is 0 Å². The second kappa shape index (κ2) is 9.39. The van der Waals surface area contributed by atoms with Crippen LogP contribution in [0.3, 0.4) is 0 Å². The van der Waals surface area contributed by atoms with Crippen molar-refractivity contribution in [2.75, 3.05) is 12.4 Å². The van der Waals surface area contributed by atoms with Crippen LogP contribution in [0.4, 0.5) is 0 Å². The number of carboxylic acids is 1. The van der Waals surface area contributed by atoms with Crippen LogP contribution in [-0.4, -0.2) is 40.5 Å². The Kier molecular flexibility index (Phi) is 7.75. The Balaban J connectivity index is 2.21. The van der Waals surface area contributed by atoms with Gasteiger partial charge in [-0.25, -0.2) is 4.79 Å². The van der Waals surface area contributed by atoms with E-state index in [2.05, 4.69) is 5.32 Å². The second-order valence-electron chi connectivity index (χ2n) is 4.24. The maximum Gasteiger partial charge on any atom is 0.326 e. The van der Waals surface area contributed by atoms with E-state index in [1.807, 2.05) is 30.3 Å². The molecule has 0 spiro atoms. The van der Waals surface area contributed by atoms with Crippen LogP contribution in [-0.2, 0) is 9.59 Å². The lowest BCUT2D eigenvalue weighted by atomic mass is 10.2. The number of hydrogen-bond acceptors (Lipinski definition) is 4. The van der Waals surface area contributed by atoms with Crippen molar-refractivity contribution in [3.05, 3.63) is 30.3 Å². The number of thioether (sulfide) groups is 1. The molecule has 0 unspecified atom stereocenters. The molecule has 110 valence electrons. The molecule has 6 heteroatoms. The monoisotopic (exact) mass is 297 g/mol. The van der Waals surface area contributed by atoms with Crippen molar-refractivity contribution in [1.82, 2.24) is 5.32 Å². The number of amides is 1. The summed E-state index contributed by atoms with van der Waals surface area (Å²) in [6, 6.07) is 8.88. The summed E-state index contributed by atoms with van der Waals surface area (Å²) in [6.45, 7) is -0.263. The van der Waals surface area contributed by atoms with Crippen LogP contribution < -0.4 is 5.32 Å². The predicted molar refractivity (Wildman–Crippen MR) is 77.7 cm³/mol. The molecule has 0 aliphatic rings. The van der Waals surface area contributed by atoms with Crippen molar-refractivity contribution in [2.45, 2.75) is 30.2 Å². The molecule has 1 aromatic rings. The van der Waals surface area contributed by atoms with E-state index in [1.54, 1.807) is 11.8 Å². The third kappa shape index (κ3) is 6.58. The van der Waals surface area contributed by atoms with Crippen LogP contribution in [0, 0.1) is 0 Å². The van der Waals surface area contributed by atoms with E-state index in [0.717, 1.165) is 10.6 Å². The fourth-order valence-electron chi connectivity index (χ4n) is 1.59. The van der Waals surface area contributed by atoms with Gasteiger partial charge in [0.1, 0.15) is 6.04 Å². The van der Waals surface area contributed by atoms with Gasteiger partial charge in [0, 0.05) is 24.3 Å². The summed E-state index contributed by atoms with van der Waals surface area (Å²) < 4.78 is 0. The molecule has 0 radical (unpaired) electrons. The Labute approximate surface area is 122 Å². The van der Waals surface area contributed by atoms with Crippen molar-refractivity contribution in [3.63, 3.8) is 0 Å². The fourth-order valence-corrected chi connectivity index (χ4v) is 2.47. The number of aliphatic hydroxyl groups is 1. The number of carbonyl (C=O) groups excluding carboxylic acids is 1. The van der Waals surface area contributed by atoms with Gasteiger partial charge in [0.25, 0.3) is 0 Å². The molecule has 0 aliphatic carbocycles. The normalized spacial score (nSPS) is 11.8. The Morgan fingerprint density at radius 2 is 1.95 bits per heavy atom. The molecule has 1 aromatic carbocycles. The summed E-state index contributed by atoms with van der Waals surface area (Å²) in [4.78, 5) is 23.5. The first-order valence-electron chi connectivity index (χ1n) is 6.44. The minimum atomic E-state index is -1.12. The molecular weight excluding hydrogens is 278 g/mol. The number of rotatable bonds is 9. The SMILES string of the molecule is O=C(CCCSc1ccccc1)N[C@@H](CCO)C(=O)O. The largest absolute Gasteiger partial charge is 0.480 e.